The quantitative estimate of drug-likeness (QED) is 0.603. The van der Waals surface area contributed by atoms with Crippen LogP contribution in [0.15, 0.2) is 54.6 Å². The van der Waals surface area contributed by atoms with E-state index in [2.05, 4.69) is 20.4 Å². The molecule has 6 nitrogen and oxygen atoms in total. The highest BCUT2D eigenvalue weighted by atomic mass is 16.1. The maximum Gasteiger partial charge on any atom is 0.276 e. The third-order valence-electron chi connectivity index (χ3n) is 4.15. The van der Waals surface area contributed by atoms with Crippen molar-refractivity contribution in [3.8, 4) is 11.4 Å². The number of aromatic nitrogens is 4. The first-order valence-electron chi connectivity index (χ1n) is 7.97. The van der Waals surface area contributed by atoms with Gasteiger partial charge in [0.1, 0.15) is 5.82 Å². The van der Waals surface area contributed by atoms with Crippen molar-refractivity contribution in [3.63, 3.8) is 0 Å². The average molecular weight is 331 g/mol. The molecule has 0 radical (unpaired) electrons. The number of para-hydroxylation sites is 2. The molecule has 0 aliphatic carbocycles. The van der Waals surface area contributed by atoms with Crippen LogP contribution in [0.5, 0.6) is 0 Å². The average Bonchev–Trinajstić information content (AvgIpc) is 3.19. The van der Waals surface area contributed by atoms with E-state index in [4.69, 9.17) is 0 Å². The lowest BCUT2D eigenvalue weighted by Crippen LogP contribution is -2.12. The van der Waals surface area contributed by atoms with E-state index in [1.165, 1.54) is 0 Å². The highest BCUT2D eigenvalue weighted by Gasteiger charge is 2.11. The predicted octanol–water partition coefficient (Wildman–Crippen LogP) is 3.52. The number of amides is 1. The van der Waals surface area contributed by atoms with E-state index in [1.54, 1.807) is 10.7 Å². The molecular formula is C19H17N5O. The molecule has 2 aromatic heterocycles. The van der Waals surface area contributed by atoms with Crippen LogP contribution in [0.2, 0.25) is 0 Å². The number of carbonyl (C=O) groups is 1. The van der Waals surface area contributed by atoms with E-state index < -0.39 is 0 Å². The predicted molar refractivity (Wildman–Crippen MR) is 97.4 cm³/mol. The van der Waals surface area contributed by atoms with Gasteiger partial charge in [0.05, 0.1) is 11.0 Å². The molecule has 25 heavy (non-hydrogen) atoms. The third-order valence-corrected chi connectivity index (χ3v) is 4.15. The molecule has 4 aromatic rings. The Morgan fingerprint density at radius 3 is 2.56 bits per heavy atom. The molecule has 2 heterocycles. The molecular weight excluding hydrogens is 314 g/mol. The second-order valence-corrected chi connectivity index (χ2v) is 5.93. The number of aromatic amines is 1. The lowest BCUT2D eigenvalue weighted by Gasteiger charge is -2.04. The largest absolute Gasteiger partial charge is 0.338 e. The second-order valence-electron chi connectivity index (χ2n) is 5.93. The van der Waals surface area contributed by atoms with E-state index in [0.29, 0.717) is 11.4 Å². The lowest BCUT2D eigenvalue weighted by atomic mass is 10.2. The molecule has 0 bridgehead atoms. The highest BCUT2D eigenvalue weighted by molar-refractivity contribution is 6.03. The number of rotatable bonds is 3. The zero-order valence-electron chi connectivity index (χ0n) is 13.9. The minimum absolute atomic E-state index is 0.222. The van der Waals surface area contributed by atoms with Gasteiger partial charge in [-0.25, -0.2) is 4.98 Å². The summed E-state index contributed by atoms with van der Waals surface area (Å²) < 4.78 is 1.68. The first-order valence-corrected chi connectivity index (χ1v) is 7.97. The Bertz CT molecular complexity index is 1010. The topological polar surface area (TPSA) is 75.6 Å². The molecule has 0 aliphatic rings. The summed E-state index contributed by atoms with van der Waals surface area (Å²) in [6.07, 6.45) is 0. The monoisotopic (exact) mass is 331 g/mol. The summed E-state index contributed by atoms with van der Waals surface area (Å²) in [5.41, 5.74) is 4.95. The minimum atomic E-state index is -0.222. The zero-order chi connectivity index (χ0) is 17.4. The van der Waals surface area contributed by atoms with Crippen molar-refractivity contribution in [3.05, 3.63) is 66.0 Å². The maximum atomic E-state index is 12.2. The van der Waals surface area contributed by atoms with Gasteiger partial charge in [-0.2, -0.15) is 5.10 Å². The number of H-pyrrole nitrogens is 1. The zero-order valence-corrected chi connectivity index (χ0v) is 13.9. The fourth-order valence-electron chi connectivity index (χ4n) is 2.67. The lowest BCUT2D eigenvalue weighted by molar-refractivity contribution is 0.102. The van der Waals surface area contributed by atoms with Gasteiger partial charge in [0.2, 0.25) is 0 Å². The number of benzene rings is 2. The summed E-state index contributed by atoms with van der Waals surface area (Å²) in [6.45, 7) is 1.91. The van der Waals surface area contributed by atoms with Gasteiger partial charge in [-0.15, -0.1) is 0 Å². The van der Waals surface area contributed by atoms with Crippen LogP contribution in [-0.4, -0.2) is 25.7 Å². The SMILES string of the molecule is Cc1cc(C(=O)Nc2ccc(-c3nc4ccccc4[nH]3)cc2)nn1C. The molecule has 0 saturated heterocycles. The van der Waals surface area contributed by atoms with Crippen LogP contribution in [0.4, 0.5) is 5.69 Å². The summed E-state index contributed by atoms with van der Waals surface area (Å²) in [6, 6.07) is 17.2. The van der Waals surface area contributed by atoms with E-state index in [1.807, 2.05) is 62.5 Å². The van der Waals surface area contributed by atoms with Crippen molar-refractivity contribution in [2.75, 3.05) is 5.32 Å². The Morgan fingerprint density at radius 1 is 1.12 bits per heavy atom. The molecule has 4 rings (SSSR count). The van der Waals surface area contributed by atoms with Crippen molar-refractivity contribution in [2.45, 2.75) is 6.92 Å². The summed E-state index contributed by atoms with van der Waals surface area (Å²) >= 11 is 0. The molecule has 0 spiro atoms. The fraction of sp³-hybridized carbons (Fsp3) is 0.105. The summed E-state index contributed by atoms with van der Waals surface area (Å²) in [5.74, 6) is 0.583. The number of nitrogens with one attached hydrogen (secondary N) is 2. The van der Waals surface area contributed by atoms with Gasteiger partial charge in [-0.3, -0.25) is 9.48 Å². The van der Waals surface area contributed by atoms with Gasteiger partial charge in [-0.1, -0.05) is 12.1 Å². The molecule has 0 saturated carbocycles. The van der Waals surface area contributed by atoms with Crippen LogP contribution in [0.3, 0.4) is 0 Å². The maximum absolute atomic E-state index is 12.2. The standard InChI is InChI=1S/C19H17N5O/c1-12-11-17(23-24(12)2)19(25)20-14-9-7-13(8-10-14)18-21-15-5-3-4-6-16(15)22-18/h3-11H,1-2H3,(H,20,25)(H,21,22). The summed E-state index contributed by atoms with van der Waals surface area (Å²) in [7, 11) is 1.81. The molecule has 6 heteroatoms. The van der Waals surface area contributed by atoms with E-state index >= 15 is 0 Å². The van der Waals surface area contributed by atoms with Crippen LogP contribution in [0, 0.1) is 6.92 Å². The van der Waals surface area contributed by atoms with E-state index in [0.717, 1.165) is 28.1 Å². The number of imidazole rings is 1. The molecule has 0 aliphatic heterocycles. The number of fused-ring (bicyclic) bond motifs is 1. The van der Waals surface area contributed by atoms with E-state index in [9.17, 15) is 4.79 Å². The van der Waals surface area contributed by atoms with Crippen molar-refractivity contribution >= 4 is 22.6 Å². The Kier molecular flexibility index (Phi) is 3.57. The van der Waals surface area contributed by atoms with E-state index in [-0.39, 0.29) is 5.91 Å². The van der Waals surface area contributed by atoms with Gasteiger partial charge < -0.3 is 10.3 Å². The Morgan fingerprint density at radius 2 is 1.88 bits per heavy atom. The summed E-state index contributed by atoms with van der Waals surface area (Å²) in [5, 5.41) is 7.04. The molecule has 2 aromatic carbocycles. The van der Waals surface area contributed by atoms with Crippen LogP contribution in [-0.2, 0) is 7.05 Å². The van der Waals surface area contributed by atoms with Crippen LogP contribution >= 0.6 is 0 Å². The van der Waals surface area contributed by atoms with Crippen LogP contribution in [0.1, 0.15) is 16.2 Å². The van der Waals surface area contributed by atoms with Crippen molar-refractivity contribution < 1.29 is 4.79 Å². The van der Waals surface area contributed by atoms with Gasteiger partial charge in [-0.05, 0) is 49.4 Å². The smallest absolute Gasteiger partial charge is 0.276 e. The first-order chi connectivity index (χ1) is 12.1. The van der Waals surface area contributed by atoms with Crippen LogP contribution < -0.4 is 5.32 Å². The van der Waals surface area contributed by atoms with Crippen molar-refractivity contribution in [1.82, 2.24) is 19.7 Å². The molecule has 0 fully saturated rings. The van der Waals surface area contributed by atoms with Crippen molar-refractivity contribution in [1.29, 1.82) is 0 Å². The number of nitrogens with zero attached hydrogens (tertiary/aromatic N) is 3. The Balaban J connectivity index is 1.54. The number of aryl methyl sites for hydroxylation is 2. The molecule has 124 valence electrons. The fourth-order valence-corrected chi connectivity index (χ4v) is 2.67. The van der Waals surface area contributed by atoms with Gasteiger partial charge in [0.15, 0.2) is 5.69 Å². The van der Waals surface area contributed by atoms with Crippen LogP contribution in [0.25, 0.3) is 22.4 Å². The number of hydrogen-bond acceptors (Lipinski definition) is 3. The Labute approximate surface area is 144 Å². The number of hydrogen-bond donors (Lipinski definition) is 2. The summed E-state index contributed by atoms with van der Waals surface area (Å²) in [4.78, 5) is 20.1. The number of carbonyl (C=O) groups excluding carboxylic acids is 1. The first kappa shape index (κ1) is 15.1. The third kappa shape index (κ3) is 2.89. The van der Waals surface area contributed by atoms with Gasteiger partial charge in [0, 0.05) is 24.0 Å². The van der Waals surface area contributed by atoms with Gasteiger partial charge >= 0.3 is 0 Å². The molecule has 0 atom stereocenters. The Hall–Kier alpha value is -3.41. The van der Waals surface area contributed by atoms with Crippen molar-refractivity contribution in [2.24, 2.45) is 7.05 Å². The normalized spacial score (nSPS) is 11.0. The molecule has 2 N–H and O–H groups in total. The second kappa shape index (κ2) is 5.90. The highest BCUT2D eigenvalue weighted by Crippen LogP contribution is 2.22. The molecule has 1 amide bonds. The van der Waals surface area contributed by atoms with Gasteiger partial charge in [0.25, 0.3) is 5.91 Å². The number of anilines is 1. The minimum Gasteiger partial charge on any atom is -0.338 e. The molecule has 0 unspecified atom stereocenters.